The molecule has 9 nitrogen and oxygen atoms in total. The maximum absolute atomic E-state index is 15.0. The lowest BCUT2D eigenvalue weighted by atomic mass is 9.99. The van der Waals surface area contributed by atoms with E-state index in [1.807, 2.05) is 0 Å². The number of nitrogens with zero attached hydrogens (tertiary/aromatic N) is 4. The molecule has 0 radical (unpaired) electrons. The van der Waals surface area contributed by atoms with E-state index in [9.17, 15) is 14.0 Å². The van der Waals surface area contributed by atoms with E-state index < -0.39 is 41.9 Å². The van der Waals surface area contributed by atoms with Crippen LogP contribution in [0, 0.1) is 12.7 Å². The molecular weight excluding hydrogens is 537 g/mol. The maximum Gasteiger partial charge on any atom is 0.410 e. The van der Waals surface area contributed by atoms with E-state index in [4.69, 9.17) is 4.74 Å². The number of pyridine rings is 1. The van der Waals surface area contributed by atoms with Crippen LogP contribution in [0.15, 0.2) is 43.0 Å². The number of hydrogen-bond donors (Lipinski definition) is 2. The second-order valence-electron chi connectivity index (χ2n) is 11.6. The number of hydrogen-bond acceptors (Lipinski definition) is 6. The molecule has 5 rings (SSSR count). The van der Waals surface area contributed by atoms with Crippen molar-refractivity contribution in [3.8, 4) is 16.8 Å². The van der Waals surface area contributed by atoms with Gasteiger partial charge >= 0.3 is 6.09 Å². The highest BCUT2D eigenvalue weighted by atomic mass is 19.3. The molecule has 2 fully saturated rings. The van der Waals surface area contributed by atoms with Crippen LogP contribution < -0.4 is 10.6 Å². The van der Waals surface area contributed by atoms with Crippen LogP contribution in [-0.4, -0.2) is 68.4 Å². The van der Waals surface area contributed by atoms with E-state index in [2.05, 4.69) is 20.7 Å². The van der Waals surface area contributed by atoms with Crippen molar-refractivity contribution in [3.05, 3.63) is 59.9 Å². The lowest BCUT2D eigenvalue weighted by Crippen LogP contribution is -2.56. The van der Waals surface area contributed by atoms with Gasteiger partial charge in [0.2, 0.25) is 0 Å². The number of amides is 2. The van der Waals surface area contributed by atoms with Gasteiger partial charge in [0.05, 0.1) is 48.1 Å². The molecular formula is C29H33F3N6O3. The summed E-state index contributed by atoms with van der Waals surface area (Å²) in [7, 11) is 0. The molecule has 2 aromatic heterocycles. The molecule has 1 saturated heterocycles. The number of aromatic nitrogens is 3. The Labute approximate surface area is 236 Å². The summed E-state index contributed by atoms with van der Waals surface area (Å²) in [4.78, 5) is 30.0. The number of nitrogens with one attached hydrogen (secondary N) is 2. The summed E-state index contributed by atoms with van der Waals surface area (Å²) in [5.41, 5.74) is 2.02. The SMILES string of the molecule is Cc1cc(F)c(C(=O)NC2CC2)cc1-c1cnn(-c2cncc(NC3CCN(C(=O)OC(C)(C)C)CC3(F)F)c2)c1. The first-order chi connectivity index (χ1) is 19.3. The van der Waals surface area contributed by atoms with E-state index in [1.165, 1.54) is 29.2 Å². The summed E-state index contributed by atoms with van der Waals surface area (Å²) in [6, 6.07) is 3.38. The number of ether oxygens (including phenoxy) is 1. The number of alkyl halides is 2. The monoisotopic (exact) mass is 570 g/mol. The first kappa shape index (κ1) is 28.4. The fourth-order valence-electron chi connectivity index (χ4n) is 4.68. The summed E-state index contributed by atoms with van der Waals surface area (Å²) in [5, 5.41) is 10.1. The highest BCUT2D eigenvalue weighted by Crippen LogP contribution is 2.32. The summed E-state index contributed by atoms with van der Waals surface area (Å²) in [6.45, 7) is 6.17. The lowest BCUT2D eigenvalue weighted by Gasteiger charge is -2.39. The zero-order valence-corrected chi connectivity index (χ0v) is 23.4. The van der Waals surface area contributed by atoms with E-state index in [0.717, 1.165) is 17.7 Å². The molecule has 2 amide bonds. The Morgan fingerprint density at radius 3 is 2.54 bits per heavy atom. The van der Waals surface area contributed by atoms with Crippen LogP contribution in [0.1, 0.15) is 56.0 Å². The van der Waals surface area contributed by atoms with Crippen LogP contribution in [0.3, 0.4) is 0 Å². The van der Waals surface area contributed by atoms with Crippen molar-refractivity contribution < 1.29 is 27.5 Å². The molecule has 0 spiro atoms. The third-order valence-corrected chi connectivity index (χ3v) is 6.94. The van der Waals surface area contributed by atoms with Crippen molar-refractivity contribution in [3.63, 3.8) is 0 Å². The van der Waals surface area contributed by atoms with Crippen LogP contribution in [0.25, 0.3) is 16.8 Å². The molecule has 1 atom stereocenters. The first-order valence-electron chi connectivity index (χ1n) is 13.5. The molecule has 41 heavy (non-hydrogen) atoms. The van der Waals surface area contributed by atoms with Crippen LogP contribution in [0.2, 0.25) is 0 Å². The van der Waals surface area contributed by atoms with Gasteiger partial charge in [-0.1, -0.05) is 0 Å². The predicted octanol–water partition coefficient (Wildman–Crippen LogP) is 5.33. The van der Waals surface area contributed by atoms with Gasteiger partial charge < -0.3 is 20.3 Å². The number of piperidine rings is 1. The normalized spacial score (nSPS) is 18.6. The Hall–Kier alpha value is -4.09. The molecule has 2 N–H and O–H groups in total. The van der Waals surface area contributed by atoms with Gasteiger partial charge in [-0.15, -0.1) is 0 Å². The third-order valence-electron chi connectivity index (χ3n) is 6.94. The van der Waals surface area contributed by atoms with Crippen molar-refractivity contribution in [2.24, 2.45) is 0 Å². The fraction of sp³-hybridized carbons (Fsp3) is 0.448. The van der Waals surface area contributed by atoms with Gasteiger partial charge in [-0.05, 0) is 76.3 Å². The van der Waals surface area contributed by atoms with Crippen molar-refractivity contribution in [2.75, 3.05) is 18.4 Å². The number of carbonyl (C=O) groups is 2. The van der Waals surface area contributed by atoms with Crippen molar-refractivity contribution in [1.82, 2.24) is 25.0 Å². The molecule has 1 aliphatic carbocycles. The zero-order chi connectivity index (χ0) is 29.5. The van der Waals surface area contributed by atoms with Crippen molar-refractivity contribution in [2.45, 2.75) is 70.6 Å². The number of halogens is 3. The minimum absolute atomic E-state index is 0.0168. The van der Waals surface area contributed by atoms with Gasteiger partial charge in [-0.2, -0.15) is 5.10 Å². The highest BCUT2D eigenvalue weighted by molar-refractivity contribution is 5.96. The van der Waals surface area contributed by atoms with Crippen LogP contribution in [-0.2, 0) is 4.74 Å². The summed E-state index contributed by atoms with van der Waals surface area (Å²) < 4.78 is 51.4. The Morgan fingerprint density at radius 2 is 1.85 bits per heavy atom. The van der Waals surface area contributed by atoms with Gasteiger partial charge in [0, 0.05) is 24.3 Å². The number of benzene rings is 1. The molecule has 1 saturated carbocycles. The average molecular weight is 571 g/mol. The molecule has 2 aliphatic rings. The molecule has 0 bridgehead atoms. The third kappa shape index (κ3) is 6.63. The van der Waals surface area contributed by atoms with Gasteiger partial charge in [-0.25, -0.2) is 22.6 Å². The number of carbonyl (C=O) groups excluding carboxylic acids is 2. The molecule has 12 heteroatoms. The second-order valence-corrected chi connectivity index (χ2v) is 11.6. The van der Waals surface area contributed by atoms with E-state index in [1.54, 1.807) is 46.2 Å². The standard InChI is InChI=1S/C29H33F3N6O3/c1-17-9-24(30)23(26(39)36-19-5-6-19)11-22(17)18-12-34-38(15-18)21-10-20(13-33-14-21)35-25-7-8-37(16-29(25,31)32)27(40)41-28(2,3)4/h9-15,19,25,35H,5-8,16H2,1-4H3,(H,36,39). The highest BCUT2D eigenvalue weighted by Gasteiger charge is 2.46. The molecule has 3 heterocycles. The number of aryl methyl sites for hydroxylation is 1. The summed E-state index contributed by atoms with van der Waals surface area (Å²) >= 11 is 0. The average Bonchev–Trinajstić information content (AvgIpc) is 3.56. The van der Waals surface area contributed by atoms with E-state index in [-0.39, 0.29) is 24.6 Å². The van der Waals surface area contributed by atoms with E-state index in [0.29, 0.717) is 28.1 Å². The number of anilines is 1. The predicted molar refractivity (Wildman–Crippen MR) is 147 cm³/mol. The zero-order valence-electron chi connectivity index (χ0n) is 23.4. The summed E-state index contributed by atoms with van der Waals surface area (Å²) in [5.74, 6) is -4.24. The molecule has 3 aromatic rings. The molecule has 1 aromatic carbocycles. The molecule has 1 unspecified atom stereocenters. The number of likely N-dealkylation sites (tertiary alicyclic amines) is 1. The van der Waals surface area contributed by atoms with Crippen molar-refractivity contribution >= 4 is 17.7 Å². The van der Waals surface area contributed by atoms with Crippen LogP contribution >= 0.6 is 0 Å². The second kappa shape index (κ2) is 10.7. The van der Waals surface area contributed by atoms with Gasteiger partial charge in [0.15, 0.2) is 0 Å². The smallest absolute Gasteiger partial charge is 0.410 e. The van der Waals surface area contributed by atoms with Gasteiger partial charge in [0.25, 0.3) is 11.8 Å². The van der Waals surface area contributed by atoms with Gasteiger partial charge in [-0.3, -0.25) is 9.78 Å². The van der Waals surface area contributed by atoms with Gasteiger partial charge in [0.1, 0.15) is 11.4 Å². The lowest BCUT2D eigenvalue weighted by molar-refractivity contribution is -0.0770. The Balaban J connectivity index is 1.30. The minimum atomic E-state index is -3.20. The molecule has 1 aliphatic heterocycles. The summed E-state index contributed by atoms with van der Waals surface area (Å²) in [6.07, 6.45) is 7.31. The Bertz CT molecular complexity index is 1460. The molecule has 218 valence electrons. The minimum Gasteiger partial charge on any atom is -0.444 e. The first-order valence-corrected chi connectivity index (χ1v) is 13.5. The Kier molecular flexibility index (Phi) is 7.43. The van der Waals surface area contributed by atoms with E-state index >= 15 is 8.78 Å². The number of rotatable bonds is 6. The maximum atomic E-state index is 15.0. The quantitative estimate of drug-likeness (QED) is 0.416. The fourth-order valence-corrected chi connectivity index (χ4v) is 4.68. The van der Waals surface area contributed by atoms with Crippen LogP contribution in [0.5, 0.6) is 0 Å². The Morgan fingerprint density at radius 1 is 1.10 bits per heavy atom. The largest absolute Gasteiger partial charge is 0.444 e. The van der Waals surface area contributed by atoms with Crippen LogP contribution in [0.4, 0.5) is 23.7 Å². The van der Waals surface area contributed by atoms with Crippen molar-refractivity contribution in [1.29, 1.82) is 0 Å². The topological polar surface area (TPSA) is 101 Å².